The van der Waals surface area contributed by atoms with Gasteiger partial charge in [-0.05, 0) is 44.4 Å². The van der Waals surface area contributed by atoms with Gasteiger partial charge in [-0.25, -0.2) is 0 Å². The SMILES string of the molecule is Cc1cc2n(c1CCN)CCCC2. The Bertz CT molecular complexity index is 299. The predicted molar refractivity (Wildman–Crippen MR) is 54.9 cm³/mol. The highest BCUT2D eigenvalue weighted by Crippen LogP contribution is 2.22. The van der Waals surface area contributed by atoms with Gasteiger partial charge in [-0.3, -0.25) is 0 Å². The Hall–Kier alpha value is -0.760. The Morgan fingerprint density at radius 2 is 2.31 bits per heavy atom. The third kappa shape index (κ3) is 1.51. The second kappa shape index (κ2) is 3.54. The molecule has 1 aliphatic heterocycles. The molecular weight excluding hydrogens is 160 g/mol. The minimum Gasteiger partial charge on any atom is -0.348 e. The van der Waals surface area contributed by atoms with Crippen LogP contribution in [-0.2, 0) is 19.4 Å². The largest absolute Gasteiger partial charge is 0.348 e. The molecule has 2 rings (SSSR count). The minimum absolute atomic E-state index is 0.768. The molecular formula is C11H18N2. The maximum absolute atomic E-state index is 5.61. The van der Waals surface area contributed by atoms with Crippen molar-refractivity contribution < 1.29 is 0 Å². The molecule has 0 fully saturated rings. The maximum Gasteiger partial charge on any atom is 0.0225 e. The normalized spacial score (nSPS) is 15.8. The number of nitrogens with two attached hydrogens (primary N) is 1. The highest BCUT2D eigenvalue weighted by Gasteiger charge is 2.14. The van der Waals surface area contributed by atoms with Crippen molar-refractivity contribution in [2.45, 2.75) is 39.2 Å². The molecule has 0 amide bonds. The van der Waals surface area contributed by atoms with Crippen LogP contribution in [0.25, 0.3) is 0 Å². The van der Waals surface area contributed by atoms with E-state index in [2.05, 4.69) is 17.6 Å². The van der Waals surface area contributed by atoms with Crippen LogP contribution in [0.1, 0.15) is 29.8 Å². The summed E-state index contributed by atoms with van der Waals surface area (Å²) in [5.41, 5.74) is 10.0. The van der Waals surface area contributed by atoms with E-state index in [1.165, 1.54) is 42.8 Å². The van der Waals surface area contributed by atoms with Crippen molar-refractivity contribution in [1.29, 1.82) is 0 Å². The molecule has 0 aromatic carbocycles. The second-order valence-electron chi connectivity index (χ2n) is 3.91. The number of aromatic nitrogens is 1. The zero-order chi connectivity index (χ0) is 9.26. The van der Waals surface area contributed by atoms with Crippen LogP contribution in [0.15, 0.2) is 6.07 Å². The summed E-state index contributed by atoms with van der Waals surface area (Å²) in [5.74, 6) is 0. The first-order valence-corrected chi connectivity index (χ1v) is 5.21. The lowest BCUT2D eigenvalue weighted by Crippen LogP contribution is -2.15. The number of hydrogen-bond donors (Lipinski definition) is 1. The lowest BCUT2D eigenvalue weighted by Gasteiger charge is -2.17. The Balaban J connectivity index is 2.36. The molecule has 1 aromatic rings. The van der Waals surface area contributed by atoms with Crippen molar-refractivity contribution in [1.82, 2.24) is 4.57 Å². The smallest absolute Gasteiger partial charge is 0.0225 e. The molecule has 2 N–H and O–H groups in total. The number of aryl methyl sites for hydroxylation is 2. The Kier molecular flexibility index (Phi) is 2.40. The second-order valence-corrected chi connectivity index (χ2v) is 3.91. The highest BCUT2D eigenvalue weighted by atomic mass is 15.0. The van der Waals surface area contributed by atoms with E-state index in [9.17, 15) is 0 Å². The van der Waals surface area contributed by atoms with E-state index in [-0.39, 0.29) is 0 Å². The molecule has 1 aliphatic rings. The first-order valence-electron chi connectivity index (χ1n) is 5.21. The first-order chi connectivity index (χ1) is 6.33. The summed E-state index contributed by atoms with van der Waals surface area (Å²) in [6.45, 7) is 4.18. The van der Waals surface area contributed by atoms with E-state index in [1.54, 1.807) is 0 Å². The minimum atomic E-state index is 0.768. The molecule has 0 aliphatic carbocycles. The zero-order valence-electron chi connectivity index (χ0n) is 8.34. The van der Waals surface area contributed by atoms with E-state index in [1.807, 2.05) is 0 Å². The molecule has 0 radical (unpaired) electrons. The number of rotatable bonds is 2. The van der Waals surface area contributed by atoms with Crippen molar-refractivity contribution in [3.63, 3.8) is 0 Å². The van der Waals surface area contributed by atoms with Crippen molar-refractivity contribution in [3.05, 3.63) is 23.0 Å². The van der Waals surface area contributed by atoms with Gasteiger partial charge in [0, 0.05) is 24.4 Å². The summed E-state index contributed by atoms with van der Waals surface area (Å²) >= 11 is 0. The van der Waals surface area contributed by atoms with Gasteiger partial charge in [-0.1, -0.05) is 0 Å². The van der Waals surface area contributed by atoms with Gasteiger partial charge >= 0.3 is 0 Å². The van der Waals surface area contributed by atoms with Crippen molar-refractivity contribution >= 4 is 0 Å². The van der Waals surface area contributed by atoms with E-state index in [0.29, 0.717) is 0 Å². The summed E-state index contributed by atoms with van der Waals surface area (Å²) < 4.78 is 2.48. The number of nitrogens with zero attached hydrogens (tertiary/aromatic N) is 1. The fourth-order valence-electron chi connectivity index (χ4n) is 2.33. The van der Waals surface area contributed by atoms with Gasteiger partial charge in [0.05, 0.1) is 0 Å². The number of fused-ring (bicyclic) bond motifs is 1. The van der Waals surface area contributed by atoms with Crippen LogP contribution < -0.4 is 5.73 Å². The average Bonchev–Trinajstić information content (AvgIpc) is 2.44. The van der Waals surface area contributed by atoms with Crippen molar-refractivity contribution in [2.24, 2.45) is 5.73 Å². The molecule has 0 spiro atoms. The number of hydrogen-bond acceptors (Lipinski definition) is 1. The predicted octanol–water partition coefficient (Wildman–Crippen LogP) is 1.63. The summed E-state index contributed by atoms with van der Waals surface area (Å²) in [6, 6.07) is 2.34. The Labute approximate surface area is 79.7 Å². The molecule has 0 unspecified atom stereocenters. The van der Waals surface area contributed by atoms with E-state index < -0.39 is 0 Å². The fraction of sp³-hybridized carbons (Fsp3) is 0.636. The lowest BCUT2D eigenvalue weighted by atomic mass is 10.1. The van der Waals surface area contributed by atoms with Gasteiger partial charge in [-0.2, -0.15) is 0 Å². The van der Waals surface area contributed by atoms with E-state index >= 15 is 0 Å². The molecule has 72 valence electrons. The topological polar surface area (TPSA) is 30.9 Å². The van der Waals surface area contributed by atoms with Crippen LogP contribution >= 0.6 is 0 Å². The quantitative estimate of drug-likeness (QED) is 0.733. The standard InChI is InChI=1S/C11H18N2/c1-9-8-10-4-2-3-7-13(10)11(9)5-6-12/h8H,2-7,12H2,1H3. The van der Waals surface area contributed by atoms with Gasteiger partial charge in [0.1, 0.15) is 0 Å². The zero-order valence-corrected chi connectivity index (χ0v) is 8.34. The first kappa shape index (κ1) is 8.82. The van der Waals surface area contributed by atoms with Crippen LogP contribution in [0.5, 0.6) is 0 Å². The Morgan fingerprint density at radius 3 is 3.08 bits per heavy atom. The lowest BCUT2D eigenvalue weighted by molar-refractivity contribution is 0.517. The summed E-state index contributed by atoms with van der Waals surface area (Å²) in [5, 5.41) is 0. The Morgan fingerprint density at radius 1 is 1.46 bits per heavy atom. The van der Waals surface area contributed by atoms with Crippen LogP contribution in [-0.4, -0.2) is 11.1 Å². The van der Waals surface area contributed by atoms with Crippen LogP contribution in [0, 0.1) is 6.92 Å². The monoisotopic (exact) mass is 178 g/mol. The molecule has 0 saturated heterocycles. The maximum atomic E-state index is 5.61. The molecule has 2 heterocycles. The molecule has 1 aromatic heterocycles. The molecule has 2 heteroatoms. The highest BCUT2D eigenvalue weighted by molar-refractivity contribution is 5.28. The van der Waals surface area contributed by atoms with Gasteiger partial charge in [-0.15, -0.1) is 0 Å². The van der Waals surface area contributed by atoms with Crippen LogP contribution in [0.4, 0.5) is 0 Å². The summed E-state index contributed by atoms with van der Waals surface area (Å²) in [4.78, 5) is 0. The molecule has 0 bridgehead atoms. The van der Waals surface area contributed by atoms with Gasteiger partial charge in [0.25, 0.3) is 0 Å². The van der Waals surface area contributed by atoms with Crippen molar-refractivity contribution in [2.75, 3.05) is 6.54 Å². The molecule has 2 nitrogen and oxygen atoms in total. The summed E-state index contributed by atoms with van der Waals surface area (Å²) in [7, 11) is 0. The van der Waals surface area contributed by atoms with E-state index in [0.717, 1.165) is 13.0 Å². The molecule has 13 heavy (non-hydrogen) atoms. The van der Waals surface area contributed by atoms with Gasteiger partial charge < -0.3 is 10.3 Å². The van der Waals surface area contributed by atoms with Gasteiger partial charge in [0.15, 0.2) is 0 Å². The fourth-order valence-corrected chi connectivity index (χ4v) is 2.33. The third-order valence-electron chi connectivity index (χ3n) is 2.96. The van der Waals surface area contributed by atoms with Gasteiger partial charge in [0.2, 0.25) is 0 Å². The summed E-state index contributed by atoms with van der Waals surface area (Å²) in [6.07, 6.45) is 4.97. The van der Waals surface area contributed by atoms with Crippen LogP contribution in [0.3, 0.4) is 0 Å². The van der Waals surface area contributed by atoms with Crippen molar-refractivity contribution in [3.8, 4) is 0 Å². The molecule has 0 saturated carbocycles. The van der Waals surface area contributed by atoms with Crippen LogP contribution in [0.2, 0.25) is 0 Å². The van der Waals surface area contributed by atoms with E-state index in [4.69, 9.17) is 5.73 Å². The average molecular weight is 178 g/mol. The third-order valence-corrected chi connectivity index (χ3v) is 2.96. The molecule has 0 atom stereocenters.